The van der Waals surface area contributed by atoms with E-state index in [2.05, 4.69) is 20.7 Å². The third-order valence-corrected chi connectivity index (χ3v) is 3.26. The fourth-order valence-electron chi connectivity index (χ4n) is 1.55. The number of hydrogen-bond acceptors (Lipinski definition) is 7. The first kappa shape index (κ1) is 13.5. The number of carbonyl (C=O) groups is 1. The van der Waals surface area contributed by atoms with Crippen molar-refractivity contribution in [1.82, 2.24) is 15.4 Å². The second-order valence-corrected chi connectivity index (χ2v) is 5.44. The van der Waals surface area contributed by atoms with Gasteiger partial charge in [0.25, 0.3) is 0 Å². The normalized spacial score (nSPS) is 12.6. The van der Waals surface area contributed by atoms with Crippen LogP contribution in [0.3, 0.4) is 0 Å². The van der Waals surface area contributed by atoms with Gasteiger partial charge in [-0.25, -0.2) is 4.79 Å². The highest BCUT2D eigenvalue weighted by Gasteiger charge is 2.20. The van der Waals surface area contributed by atoms with Crippen molar-refractivity contribution in [3.63, 3.8) is 0 Å². The van der Waals surface area contributed by atoms with E-state index < -0.39 is 12.0 Å². The summed E-state index contributed by atoms with van der Waals surface area (Å²) in [6.45, 7) is 3.94. The zero-order chi connectivity index (χ0) is 13.8. The molecule has 0 bridgehead atoms. The van der Waals surface area contributed by atoms with Gasteiger partial charge in [0.1, 0.15) is 18.0 Å². The SMILES string of the molecule is CC(C)C[C@H](Nc1nnc(-c2ccon2)s1)C(=O)O. The molecule has 0 amide bonds. The summed E-state index contributed by atoms with van der Waals surface area (Å²) < 4.78 is 4.72. The Morgan fingerprint density at radius 1 is 1.53 bits per heavy atom. The summed E-state index contributed by atoms with van der Waals surface area (Å²) >= 11 is 1.24. The molecule has 0 aliphatic carbocycles. The zero-order valence-electron chi connectivity index (χ0n) is 10.5. The molecule has 19 heavy (non-hydrogen) atoms. The minimum Gasteiger partial charge on any atom is -0.480 e. The second-order valence-electron chi connectivity index (χ2n) is 4.46. The summed E-state index contributed by atoms with van der Waals surface area (Å²) in [6.07, 6.45) is 1.97. The molecule has 0 aliphatic heterocycles. The number of nitrogens with zero attached hydrogens (tertiary/aromatic N) is 3. The van der Waals surface area contributed by atoms with Crippen LogP contribution in [0.5, 0.6) is 0 Å². The highest BCUT2D eigenvalue weighted by molar-refractivity contribution is 7.18. The Bertz CT molecular complexity index is 538. The largest absolute Gasteiger partial charge is 0.480 e. The molecule has 102 valence electrons. The molecular weight excluding hydrogens is 268 g/mol. The lowest BCUT2D eigenvalue weighted by molar-refractivity contribution is -0.138. The zero-order valence-corrected chi connectivity index (χ0v) is 11.3. The van der Waals surface area contributed by atoms with E-state index in [1.807, 2.05) is 13.8 Å². The molecular formula is C11H14N4O3S. The molecule has 0 fully saturated rings. The number of carboxylic acid groups (broad SMARTS) is 1. The molecule has 0 aromatic carbocycles. The average Bonchev–Trinajstić information content (AvgIpc) is 2.97. The monoisotopic (exact) mass is 282 g/mol. The van der Waals surface area contributed by atoms with Gasteiger partial charge in [-0.1, -0.05) is 30.3 Å². The maximum absolute atomic E-state index is 11.1. The number of hydrogen-bond donors (Lipinski definition) is 2. The Kier molecular flexibility index (Phi) is 4.10. The van der Waals surface area contributed by atoms with Crippen LogP contribution in [0, 0.1) is 5.92 Å². The first-order chi connectivity index (χ1) is 9.06. The van der Waals surface area contributed by atoms with Crippen LogP contribution < -0.4 is 5.32 Å². The van der Waals surface area contributed by atoms with Crippen molar-refractivity contribution in [3.05, 3.63) is 12.3 Å². The maximum atomic E-state index is 11.1. The molecule has 2 aromatic rings. The van der Waals surface area contributed by atoms with Crippen molar-refractivity contribution in [2.24, 2.45) is 5.92 Å². The summed E-state index contributed by atoms with van der Waals surface area (Å²) in [5.74, 6) is -0.622. The minimum atomic E-state index is -0.896. The Morgan fingerprint density at radius 2 is 2.32 bits per heavy atom. The van der Waals surface area contributed by atoms with E-state index in [0.717, 1.165) is 0 Å². The fourth-order valence-corrected chi connectivity index (χ4v) is 2.31. The molecule has 1 atom stereocenters. The highest BCUT2D eigenvalue weighted by Crippen LogP contribution is 2.25. The first-order valence-corrected chi connectivity index (χ1v) is 6.61. The predicted octanol–water partition coefficient (Wildman–Crippen LogP) is 2.10. The van der Waals surface area contributed by atoms with E-state index in [4.69, 9.17) is 9.63 Å². The van der Waals surface area contributed by atoms with Crippen molar-refractivity contribution in [2.75, 3.05) is 5.32 Å². The molecule has 2 N–H and O–H groups in total. The summed E-state index contributed by atoms with van der Waals surface area (Å²) in [6, 6.07) is 1.01. The second kappa shape index (κ2) is 5.79. The number of nitrogens with one attached hydrogen (secondary N) is 1. The summed E-state index contributed by atoms with van der Waals surface area (Å²) in [7, 11) is 0. The van der Waals surface area contributed by atoms with Crippen LogP contribution in [0.2, 0.25) is 0 Å². The van der Waals surface area contributed by atoms with Crippen molar-refractivity contribution in [1.29, 1.82) is 0 Å². The lowest BCUT2D eigenvalue weighted by Crippen LogP contribution is -2.30. The smallest absolute Gasteiger partial charge is 0.326 e. The molecule has 0 unspecified atom stereocenters. The van der Waals surface area contributed by atoms with Crippen LogP contribution in [0.15, 0.2) is 16.9 Å². The molecule has 0 aliphatic rings. The Labute approximate surface area is 113 Å². The molecule has 8 heteroatoms. The number of anilines is 1. The van der Waals surface area contributed by atoms with Gasteiger partial charge in [-0.05, 0) is 12.3 Å². The van der Waals surface area contributed by atoms with Crippen LogP contribution in [0.1, 0.15) is 20.3 Å². The minimum absolute atomic E-state index is 0.275. The molecule has 2 aromatic heterocycles. The Hall–Kier alpha value is -1.96. The lowest BCUT2D eigenvalue weighted by Gasteiger charge is -2.14. The van der Waals surface area contributed by atoms with Gasteiger partial charge in [-0.2, -0.15) is 0 Å². The lowest BCUT2D eigenvalue weighted by atomic mass is 10.0. The quantitative estimate of drug-likeness (QED) is 0.836. The van der Waals surface area contributed by atoms with E-state index >= 15 is 0 Å². The van der Waals surface area contributed by atoms with Crippen LogP contribution in [0.4, 0.5) is 5.13 Å². The molecule has 2 heterocycles. The number of aromatic nitrogens is 3. The summed E-state index contributed by atoms with van der Waals surface area (Å²) in [5, 5.41) is 24.7. The number of rotatable bonds is 6. The Morgan fingerprint density at radius 3 is 2.89 bits per heavy atom. The van der Waals surface area contributed by atoms with Gasteiger partial charge in [-0.15, -0.1) is 10.2 Å². The van der Waals surface area contributed by atoms with Crippen molar-refractivity contribution in [2.45, 2.75) is 26.3 Å². The van der Waals surface area contributed by atoms with Gasteiger partial charge in [-0.3, -0.25) is 0 Å². The van der Waals surface area contributed by atoms with Gasteiger partial charge >= 0.3 is 5.97 Å². The van der Waals surface area contributed by atoms with Gasteiger partial charge in [0.15, 0.2) is 5.01 Å². The van der Waals surface area contributed by atoms with E-state index in [9.17, 15) is 4.79 Å². The molecule has 0 radical (unpaired) electrons. The number of aliphatic carboxylic acids is 1. The van der Waals surface area contributed by atoms with Gasteiger partial charge in [0, 0.05) is 6.07 Å². The standard InChI is InChI=1S/C11H14N4O3S/c1-6(2)5-8(10(16)17)12-11-14-13-9(19-11)7-3-4-18-15-7/h3-4,6,8H,5H2,1-2H3,(H,12,14)(H,16,17)/t8-/m0/s1. The molecule has 2 rings (SSSR count). The molecule has 0 saturated carbocycles. The van der Waals surface area contributed by atoms with Gasteiger partial charge in [0.2, 0.25) is 5.13 Å². The van der Waals surface area contributed by atoms with Crippen LogP contribution in [0.25, 0.3) is 10.7 Å². The van der Waals surface area contributed by atoms with Crippen molar-refractivity contribution >= 4 is 22.4 Å². The van der Waals surface area contributed by atoms with Gasteiger partial charge < -0.3 is 14.9 Å². The van der Waals surface area contributed by atoms with E-state index in [1.165, 1.54) is 17.6 Å². The Balaban J connectivity index is 2.08. The number of carboxylic acids is 1. The third-order valence-electron chi connectivity index (χ3n) is 2.38. The molecule has 0 saturated heterocycles. The van der Waals surface area contributed by atoms with Gasteiger partial charge in [0.05, 0.1) is 0 Å². The summed E-state index contributed by atoms with van der Waals surface area (Å²) in [4.78, 5) is 11.1. The summed E-state index contributed by atoms with van der Waals surface area (Å²) in [5.41, 5.74) is 0.585. The average molecular weight is 282 g/mol. The molecule has 0 spiro atoms. The van der Waals surface area contributed by atoms with Crippen LogP contribution in [-0.4, -0.2) is 32.5 Å². The van der Waals surface area contributed by atoms with E-state index in [-0.39, 0.29) is 5.92 Å². The topological polar surface area (TPSA) is 101 Å². The van der Waals surface area contributed by atoms with Crippen molar-refractivity contribution < 1.29 is 14.4 Å². The maximum Gasteiger partial charge on any atom is 0.326 e. The highest BCUT2D eigenvalue weighted by atomic mass is 32.1. The first-order valence-electron chi connectivity index (χ1n) is 5.80. The third kappa shape index (κ3) is 3.50. The van der Waals surface area contributed by atoms with Crippen LogP contribution in [-0.2, 0) is 4.79 Å². The van der Waals surface area contributed by atoms with Crippen LogP contribution >= 0.6 is 11.3 Å². The predicted molar refractivity (Wildman–Crippen MR) is 69.9 cm³/mol. The fraction of sp³-hybridized carbons (Fsp3) is 0.455. The molecule has 7 nitrogen and oxygen atoms in total. The van der Waals surface area contributed by atoms with E-state index in [0.29, 0.717) is 22.3 Å². The van der Waals surface area contributed by atoms with Crippen molar-refractivity contribution in [3.8, 4) is 10.7 Å². The van der Waals surface area contributed by atoms with E-state index in [1.54, 1.807) is 6.07 Å².